The molecular weight excluding hydrogens is 200 g/mol. The van der Waals surface area contributed by atoms with Gasteiger partial charge in [-0.2, -0.15) is 5.26 Å². The first kappa shape index (κ1) is 10.3. The Hall–Kier alpha value is -0.790. The van der Waals surface area contributed by atoms with Gasteiger partial charge in [0.1, 0.15) is 10.7 Å². The maximum Gasteiger partial charge on any atom is 0.122 e. The van der Waals surface area contributed by atoms with E-state index in [0.29, 0.717) is 10.2 Å². The Balaban J connectivity index is 3.40. The van der Waals surface area contributed by atoms with Crippen molar-refractivity contribution in [1.29, 1.82) is 5.26 Å². The normalized spacial score (nSPS) is 9.62. The molecule has 1 aromatic rings. The highest BCUT2D eigenvalue weighted by atomic mass is 32.2. The number of aromatic amines is 1. The van der Waals surface area contributed by atoms with Crippen molar-refractivity contribution in [2.24, 2.45) is 0 Å². The molecule has 0 unspecified atom stereocenters. The molecule has 0 atom stereocenters. The van der Waals surface area contributed by atoms with Crippen LogP contribution in [0.15, 0.2) is 11.1 Å². The number of nitrogens with one attached hydrogen (secondary N) is 1. The van der Waals surface area contributed by atoms with Gasteiger partial charge in [-0.15, -0.1) is 11.8 Å². The number of pyridine rings is 1. The van der Waals surface area contributed by atoms with Gasteiger partial charge < -0.3 is 4.98 Å². The van der Waals surface area contributed by atoms with Gasteiger partial charge in [-0.25, -0.2) is 0 Å². The van der Waals surface area contributed by atoms with E-state index in [1.807, 2.05) is 19.2 Å². The lowest BCUT2D eigenvalue weighted by Gasteiger charge is -2.03. The molecule has 0 saturated heterocycles. The van der Waals surface area contributed by atoms with Crippen LogP contribution in [-0.2, 0) is 6.42 Å². The largest absolute Gasteiger partial charge is 0.340 e. The van der Waals surface area contributed by atoms with Crippen LogP contribution in [0.4, 0.5) is 0 Å². The molecule has 0 bridgehead atoms. The maximum absolute atomic E-state index is 8.85. The predicted octanol–water partition coefficient (Wildman–Crippen LogP) is 2.90. The molecule has 0 amide bonds. The van der Waals surface area contributed by atoms with Crippen LogP contribution in [0.1, 0.15) is 18.1 Å². The summed E-state index contributed by atoms with van der Waals surface area (Å²) in [6.45, 7) is 2.02. The first-order chi connectivity index (χ1) is 6.22. The standard InChI is InChI=1S/C9H10N2S2/c1-3-6-4-8(13-2)11-9(12)7(6)5-10/h4H,3H2,1-2H3,(H,11,12). The second-order valence-corrected chi connectivity index (χ2v) is 3.79. The molecule has 0 aliphatic rings. The summed E-state index contributed by atoms with van der Waals surface area (Å²) in [5, 5.41) is 9.87. The predicted molar refractivity (Wildman–Crippen MR) is 57.5 cm³/mol. The average Bonchev–Trinajstić information content (AvgIpc) is 2.16. The smallest absolute Gasteiger partial charge is 0.122 e. The zero-order chi connectivity index (χ0) is 9.84. The average molecular weight is 210 g/mol. The molecule has 0 radical (unpaired) electrons. The summed E-state index contributed by atoms with van der Waals surface area (Å²) in [5.41, 5.74) is 1.63. The first-order valence-electron chi connectivity index (χ1n) is 3.93. The van der Waals surface area contributed by atoms with Gasteiger partial charge in [-0.3, -0.25) is 0 Å². The van der Waals surface area contributed by atoms with E-state index in [1.165, 1.54) is 0 Å². The van der Waals surface area contributed by atoms with Crippen LogP contribution in [0, 0.1) is 16.0 Å². The van der Waals surface area contributed by atoms with E-state index in [0.717, 1.165) is 17.0 Å². The summed E-state index contributed by atoms with van der Waals surface area (Å²) >= 11 is 6.67. The zero-order valence-corrected chi connectivity index (χ0v) is 9.18. The summed E-state index contributed by atoms with van der Waals surface area (Å²) in [7, 11) is 0. The summed E-state index contributed by atoms with van der Waals surface area (Å²) < 4.78 is 0.547. The number of hydrogen-bond donors (Lipinski definition) is 1. The van der Waals surface area contributed by atoms with E-state index in [-0.39, 0.29) is 0 Å². The van der Waals surface area contributed by atoms with Crippen LogP contribution in [0.3, 0.4) is 0 Å². The van der Waals surface area contributed by atoms with Crippen LogP contribution >= 0.6 is 24.0 Å². The van der Waals surface area contributed by atoms with Gasteiger partial charge in [0.2, 0.25) is 0 Å². The zero-order valence-electron chi connectivity index (χ0n) is 7.55. The van der Waals surface area contributed by atoms with E-state index in [1.54, 1.807) is 11.8 Å². The van der Waals surface area contributed by atoms with Crippen molar-refractivity contribution < 1.29 is 0 Å². The van der Waals surface area contributed by atoms with Crippen molar-refractivity contribution in [1.82, 2.24) is 4.98 Å². The minimum absolute atomic E-state index is 0.547. The van der Waals surface area contributed by atoms with Crippen LogP contribution < -0.4 is 0 Å². The molecule has 1 N–H and O–H groups in total. The molecule has 1 heterocycles. The fraction of sp³-hybridized carbons (Fsp3) is 0.333. The molecule has 0 aliphatic heterocycles. The Labute approximate surface area is 87.0 Å². The molecular formula is C9H10N2S2. The Morgan fingerprint density at radius 2 is 2.38 bits per heavy atom. The highest BCUT2D eigenvalue weighted by molar-refractivity contribution is 7.98. The van der Waals surface area contributed by atoms with Gasteiger partial charge in [-0.05, 0) is 24.3 Å². The van der Waals surface area contributed by atoms with Crippen molar-refractivity contribution in [3.05, 3.63) is 21.8 Å². The van der Waals surface area contributed by atoms with Crippen LogP contribution in [0.5, 0.6) is 0 Å². The third-order valence-electron chi connectivity index (χ3n) is 1.80. The third kappa shape index (κ3) is 2.11. The first-order valence-corrected chi connectivity index (χ1v) is 5.56. The number of rotatable bonds is 2. The van der Waals surface area contributed by atoms with Crippen LogP contribution in [0.2, 0.25) is 0 Å². The summed E-state index contributed by atoms with van der Waals surface area (Å²) in [5.74, 6) is 0. The van der Waals surface area contributed by atoms with Gasteiger partial charge in [-0.1, -0.05) is 19.1 Å². The van der Waals surface area contributed by atoms with Gasteiger partial charge in [0.05, 0.1) is 10.6 Å². The number of aryl methyl sites for hydroxylation is 1. The van der Waals surface area contributed by atoms with Gasteiger partial charge in [0, 0.05) is 0 Å². The summed E-state index contributed by atoms with van der Waals surface area (Å²) in [6.07, 6.45) is 2.82. The third-order valence-corrected chi connectivity index (χ3v) is 2.77. The van der Waals surface area contributed by atoms with E-state index >= 15 is 0 Å². The van der Waals surface area contributed by atoms with Gasteiger partial charge >= 0.3 is 0 Å². The monoisotopic (exact) mass is 210 g/mol. The van der Waals surface area contributed by atoms with E-state index in [4.69, 9.17) is 17.5 Å². The highest BCUT2D eigenvalue weighted by Gasteiger charge is 2.03. The molecule has 0 spiro atoms. The van der Waals surface area contributed by atoms with Crippen LogP contribution in [0.25, 0.3) is 0 Å². The Morgan fingerprint density at radius 3 is 2.85 bits per heavy atom. The molecule has 0 saturated carbocycles. The number of aromatic nitrogens is 1. The lowest BCUT2D eigenvalue weighted by atomic mass is 10.1. The molecule has 1 rings (SSSR count). The SMILES string of the molecule is CCc1cc(SC)[nH]c(=S)c1C#N. The summed E-state index contributed by atoms with van der Waals surface area (Å²) in [6, 6.07) is 4.11. The molecule has 4 heteroatoms. The number of nitrogens with zero attached hydrogens (tertiary/aromatic N) is 1. The van der Waals surface area contributed by atoms with Crippen molar-refractivity contribution >= 4 is 24.0 Å². The fourth-order valence-corrected chi connectivity index (χ4v) is 1.91. The van der Waals surface area contributed by atoms with E-state index < -0.39 is 0 Å². The maximum atomic E-state index is 8.85. The molecule has 68 valence electrons. The van der Waals surface area contributed by atoms with E-state index in [2.05, 4.69) is 11.1 Å². The molecule has 1 aromatic heterocycles. The lowest BCUT2D eigenvalue weighted by Crippen LogP contribution is -1.93. The molecule has 0 fully saturated rings. The van der Waals surface area contributed by atoms with Crippen molar-refractivity contribution in [2.45, 2.75) is 18.4 Å². The number of H-pyrrole nitrogens is 1. The topological polar surface area (TPSA) is 39.6 Å². The number of hydrogen-bond acceptors (Lipinski definition) is 3. The Kier molecular flexibility index (Phi) is 3.52. The molecule has 13 heavy (non-hydrogen) atoms. The molecule has 0 aliphatic carbocycles. The minimum Gasteiger partial charge on any atom is -0.340 e. The van der Waals surface area contributed by atoms with Gasteiger partial charge in [0.25, 0.3) is 0 Å². The van der Waals surface area contributed by atoms with Gasteiger partial charge in [0.15, 0.2) is 0 Å². The van der Waals surface area contributed by atoms with E-state index in [9.17, 15) is 0 Å². The second-order valence-electron chi connectivity index (χ2n) is 2.53. The molecule has 2 nitrogen and oxygen atoms in total. The number of nitriles is 1. The van der Waals surface area contributed by atoms with Crippen molar-refractivity contribution in [2.75, 3.05) is 6.26 Å². The van der Waals surface area contributed by atoms with Crippen molar-refractivity contribution in [3.63, 3.8) is 0 Å². The lowest BCUT2D eigenvalue weighted by molar-refractivity contribution is 1.03. The fourth-order valence-electron chi connectivity index (χ4n) is 1.10. The quantitative estimate of drug-likeness (QED) is 0.602. The second kappa shape index (κ2) is 4.45. The minimum atomic E-state index is 0.547. The summed E-state index contributed by atoms with van der Waals surface area (Å²) in [4.78, 5) is 3.01. The molecule has 0 aromatic carbocycles. The Bertz CT molecular complexity index is 401. The van der Waals surface area contributed by atoms with Crippen molar-refractivity contribution in [3.8, 4) is 6.07 Å². The van der Waals surface area contributed by atoms with Crippen LogP contribution in [-0.4, -0.2) is 11.2 Å². The highest BCUT2D eigenvalue weighted by Crippen LogP contribution is 2.17. The number of thioether (sulfide) groups is 1. The Morgan fingerprint density at radius 1 is 1.69 bits per heavy atom.